The molecular weight excluding hydrogens is 498 g/mol. The van der Waals surface area contributed by atoms with Gasteiger partial charge in [-0.1, -0.05) is 26.3 Å². The fourth-order valence-electron chi connectivity index (χ4n) is 4.67. The van der Waals surface area contributed by atoms with Crippen LogP contribution in [0.3, 0.4) is 0 Å². The number of piperidine rings is 1. The normalized spacial score (nSPS) is 14.3. The maximum atomic E-state index is 6.59. The molecule has 3 aromatic carbocycles. The van der Waals surface area contributed by atoms with E-state index in [-0.39, 0.29) is 0 Å². The lowest BCUT2D eigenvalue weighted by Crippen LogP contribution is -2.33. The minimum Gasteiger partial charge on any atom is -0.497 e. The van der Waals surface area contributed by atoms with Crippen LogP contribution in [-0.2, 0) is 0 Å². The third-order valence-corrected chi connectivity index (χ3v) is 8.84. The highest BCUT2D eigenvalue weighted by Crippen LogP contribution is 2.44. The summed E-state index contributed by atoms with van der Waals surface area (Å²) in [6, 6.07) is 22.8. The summed E-state index contributed by atoms with van der Waals surface area (Å²) in [4.78, 5) is 3.70. The van der Waals surface area contributed by atoms with Crippen LogP contribution in [0.1, 0.15) is 33.1 Å². The van der Waals surface area contributed by atoms with E-state index in [0.29, 0.717) is 11.9 Å². The van der Waals surface area contributed by atoms with Crippen LogP contribution in [0, 0.1) is 0 Å². The standard InChI is InChI=1S/C31H35NO3S2/c1-22(2)36-30-16-15-29(37-30)28-13-7-23-21-26(33-3)12-14-27(23)31(28)35-25-10-8-24(9-11-25)34-20-19-32-17-5-4-6-18-32/h7-16,21-22H,4-6,17-20H2,1-3H3. The molecule has 4 aromatic rings. The Kier molecular flexibility index (Phi) is 8.59. The molecule has 0 spiro atoms. The number of fused-ring (bicyclic) bond motifs is 1. The Hall–Kier alpha value is -2.67. The highest BCUT2D eigenvalue weighted by molar-refractivity contribution is 8.01. The van der Waals surface area contributed by atoms with Gasteiger partial charge in [0.2, 0.25) is 0 Å². The van der Waals surface area contributed by atoms with Crippen molar-refractivity contribution in [3.05, 3.63) is 66.7 Å². The molecule has 194 valence electrons. The van der Waals surface area contributed by atoms with Gasteiger partial charge < -0.3 is 14.2 Å². The van der Waals surface area contributed by atoms with E-state index in [0.717, 1.165) is 45.9 Å². The predicted octanol–water partition coefficient (Wildman–Crippen LogP) is 8.73. The molecule has 0 bridgehead atoms. The highest BCUT2D eigenvalue weighted by atomic mass is 32.2. The summed E-state index contributed by atoms with van der Waals surface area (Å²) in [6.07, 6.45) is 3.96. The molecule has 6 heteroatoms. The molecule has 1 aromatic heterocycles. The second-order valence-corrected chi connectivity index (χ2v) is 12.6. The van der Waals surface area contributed by atoms with E-state index in [9.17, 15) is 0 Å². The van der Waals surface area contributed by atoms with Gasteiger partial charge in [0, 0.05) is 27.6 Å². The summed E-state index contributed by atoms with van der Waals surface area (Å²) >= 11 is 3.71. The summed E-state index contributed by atoms with van der Waals surface area (Å²) in [7, 11) is 1.70. The van der Waals surface area contributed by atoms with E-state index in [1.54, 1.807) is 7.11 Å². The molecule has 0 aliphatic carbocycles. The molecule has 0 N–H and O–H groups in total. The lowest BCUT2D eigenvalue weighted by atomic mass is 10.0. The monoisotopic (exact) mass is 533 g/mol. The van der Waals surface area contributed by atoms with Gasteiger partial charge in [0.1, 0.15) is 29.6 Å². The quantitative estimate of drug-likeness (QED) is 0.190. The van der Waals surface area contributed by atoms with E-state index >= 15 is 0 Å². The van der Waals surface area contributed by atoms with Gasteiger partial charge in [-0.15, -0.1) is 23.1 Å². The lowest BCUT2D eigenvalue weighted by molar-refractivity contribution is 0.183. The number of thiophene rings is 1. The SMILES string of the molecule is COc1ccc2c(Oc3ccc(OCCN4CCCCC4)cc3)c(-c3ccc(SC(C)C)s3)ccc2c1. The van der Waals surface area contributed by atoms with E-state index < -0.39 is 0 Å². The van der Waals surface area contributed by atoms with E-state index in [4.69, 9.17) is 14.2 Å². The number of hydrogen-bond acceptors (Lipinski definition) is 6. The Labute approximate surface area is 228 Å². The second kappa shape index (κ2) is 12.2. The molecule has 1 aliphatic heterocycles. The minimum absolute atomic E-state index is 0.548. The molecule has 1 fully saturated rings. The summed E-state index contributed by atoms with van der Waals surface area (Å²) in [5, 5.41) is 2.70. The smallest absolute Gasteiger partial charge is 0.143 e. The number of ether oxygens (including phenoxy) is 3. The third kappa shape index (κ3) is 6.61. The van der Waals surface area contributed by atoms with Crippen LogP contribution < -0.4 is 14.2 Å². The zero-order valence-electron chi connectivity index (χ0n) is 21.9. The van der Waals surface area contributed by atoms with Crippen LogP contribution >= 0.6 is 23.1 Å². The summed E-state index contributed by atoms with van der Waals surface area (Å²) in [5.41, 5.74) is 1.10. The Bertz CT molecular complexity index is 1310. The first-order valence-electron chi connectivity index (χ1n) is 13.1. The minimum atomic E-state index is 0.548. The van der Waals surface area contributed by atoms with E-state index in [2.05, 4.69) is 55.1 Å². The topological polar surface area (TPSA) is 30.9 Å². The molecular formula is C31H35NO3S2. The molecule has 0 amide bonds. The molecule has 5 rings (SSSR count). The number of methoxy groups -OCH3 is 1. The van der Waals surface area contributed by atoms with Crippen molar-refractivity contribution in [1.29, 1.82) is 0 Å². The van der Waals surface area contributed by atoms with Crippen molar-refractivity contribution in [2.24, 2.45) is 0 Å². The molecule has 2 heterocycles. The lowest BCUT2D eigenvalue weighted by Gasteiger charge is -2.26. The Morgan fingerprint density at radius 3 is 2.38 bits per heavy atom. The molecule has 0 atom stereocenters. The number of thioether (sulfide) groups is 1. The van der Waals surface area contributed by atoms with Crippen LogP contribution in [0.15, 0.2) is 70.9 Å². The van der Waals surface area contributed by atoms with Crippen LogP contribution in [0.4, 0.5) is 0 Å². The molecule has 1 aliphatic rings. The maximum absolute atomic E-state index is 6.59. The van der Waals surface area contributed by atoms with Crippen LogP contribution in [0.2, 0.25) is 0 Å². The number of nitrogens with zero attached hydrogens (tertiary/aromatic N) is 1. The number of benzene rings is 3. The summed E-state index contributed by atoms with van der Waals surface area (Å²) < 4.78 is 19.4. The van der Waals surface area contributed by atoms with Crippen molar-refractivity contribution in [2.45, 2.75) is 42.6 Å². The van der Waals surface area contributed by atoms with Gasteiger partial charge in [0.25, 0.3) is 0 Å². The fraction of sp³-hybridized carbons (Fsp3) is 0.355. The molecule has 37 heavy (non-hydrogen) atoms. The van der Waals surface area contributed by atoms with Gasteiger partial charge in [0.05, 0.1) is 11.3 Å². The van der Waals surface area contributed by atoms with Crippen molar-refractivity contribution >= 4 is 33.9 Å². The molecule has 1 saturated heterocycles. The van der Waals surface area contributed by atoms with Gasteiger partial charge >= 0.3 is 0 Å². The number of rotatable bonds is 10. The van der Waals surface area contributed by atoms with Crippen molar-refractivity contribution in [2.75, 3.05) is 33.4 Å². The average molecular weight is 534 g/mol. The Morgan fingerprint density at radius 2 is 1.62 bits per heavy atom. The zero-order valence-corrected chi connectivity index (χ0v) is 23.5. The van der Waals surface area contributed by atoms with Crippen LogP contribution in [-0.4, -0.2) is 43.5 Å². The van der Waals surface area contributed by atoms with Gasteiger partial charge in [-0.05, 0) is 92.0 Å². The first-order valence-corrected chi connectivity index (χ1v) is 14.8. The van der Waals surface area contributed by atoms with E-state index in [1.165, 1.54) is 41.4 Å². The molecule has 4 nitrogen and oxygen atoms in total. The largest absolute Gasteiger partial charge is 0.497 e. The molecule has 0 saturated carbocycles. The first kappa shape index (κ1) is 26.0. The predicted molar refractivity (Wildman–Crippen MR) is 157 cm³/mol. The van der Waals surface area contributed by atoms with Crippen molar-refractivity contribution in [1.82, 2.24) is 4.90 Å². The summed E-state index contributed by atoms with van der Waals surface area (Å²) in [5.74, 6) is 3.37. The van der Waals surface area contributed by atoms with Crippen LogP contribution in [0.25, 0.3) is 21.2 Å². The fourth-order valence-corrected chi connectivity index (χ4v) is 7.08. The van der Waals surface area contributed by atoms with Crippen molar-refractivity contribution in [3.8, 4) is 33.4 Å². The van der Waals surface area contributed by atoms with Gasteiger partial charge in [-0.25, -0.2) is 0 Å². The molecule has 0 radical (unpaired) electrons. The number of likely N-dealkylation sites (tertiary alicyclic amines) is 1. The Balaban J connectivity index is 1.37. The van der Waals surface area contributed by atoms with Gasteiger partial charge in [-0.3, -0.25) is 4.90 Å². The number of hydrogen-bond donors (Lipinski definition) is 0. The molecule has 0 unspecified atom stereocenters. The van der Waals surface area contributed by atoms with Crippen molar-refractivity contribution in [3.63, 3.8) is 0 Å². The Morgan fingerprint density at radius 1 is 0.865 bits per heavy atom. The third-order valence-electron chi connectivity index (χ3n) is 6.54. The van der Waals surface area contributed by atoms with E-state index in [1.807, 2.05) is 53.4 Å². The van der Waals surface area contributed by atoms with Crippen LogP contribution in [0.5, 0.6) is 23.0 Å². The highest BCUT2D eigenvalue weighted by Gasteiger charge is 2.16. The summed E-state index contributed by atoms with van der Waals surface area (Å²) in [6.45, 7) is 8.53. The first-order chi connectivity index (χ1) is 18.1. The van der Waals surface area contributed by atoms with Gasteiger partial charge in [-0.2, -0.15) is 0 Å². The second-order valence-electron chi connectivity index (χ2n) is 9.64. The van der Waals surface area contributed by atoms with Crippen molar-refractivity contribution < 1.29 is 14.2 Å². The maximum Gasteiger partial charge on any atom is 0.143 e. The average Bonchev–Trinajstić information content (AvgIpc) is 3.37. The zero-order chi connectivity index (χ0) is 25.6. The van der Waals surface area contributed by atoms with Gasteiger partial charge in [0.15, 0.2) is 0 Å².